The van der Waals surface area contributed by atoms with Crippen LogP contribution in [-0.2, 0) is 9.59 Å². The average molecular weight is 344 g/mol. The minimum atomic E-state index is -0.340. The molecule has 7 heteroatoms. The molecular weight excluding hydrogens is 320 g/mol. The third kappa shape index (κ3) is 5.07. The Hall–Kier alpha value is -2.83. The molecule has 0 bridgehead atoms. The quantitative estimate of drug-likeness (QED) is 0.479. The lowest BCUT2D eigenvalue weighted by molar-refractivity contribution is -0.127. The molecule has 0 spiro atoms. The normalized spacial score (nSPS) is 16.4. The Bertz CT molecular complexity index is 659. The van der Waals surface area contributed by atoms with Crippen LogP contribution < -0.4 is 16.0 Å². The summed E-state index contributed by atoms with van der Waals surface area (Å²) in [6.07, 6.45) is 2.39. The summed E-state index contributed by atoms with van der Waals surface area (Å²) in [5.74, 6) is -0.372. The molecule has 1 aliphatic rings. The van der Waals surface area contributed by atoms with Gasteiger partial charge in [0.2, 0.25) is 11.8 Å². The van der Waals surface area contributed by atoms with Crippen LogP contribution in [0, 0.1) is 0 Å². The third-order valence-corrected chi connectivity index (χ3v) is 3.93. The molecule has 1 atom stereocenters. The maximum Gasteiger partial charge on any atom is 0.253 e. The van der Waals surface area contributed by atoms with Crippen molar-refractivity contribution in [2.24, 2.45) is 0 Å². The second kappa shape index (κ2) is 8.86. The highest BCUT2D eigenvalue weighted by atomic mass is 16.2. The molecule has 2 rings (SSSR count). The van der Waals surface area contributed by atoms with Crippen molar-refractivity contribution >= 4 is 23.4 Å². The van der Waals surface area contributed by atoms with Crippen molar-refractivity contribution < 1.29 is 14.4 Å². The molecule has 0 aromatic heterocycles. The molecule has 0 aliphatic carbocycles. The van der Waals surface area contributed by atoms with Gasteiger partial charge in [-0.15, -0.1) is 6.58 Å². The van der Waals surface area contributed by atoms with Gasteiger partial charge in [-0.25, -0.2) is 0 Å². The number of benzene rings is 1. The van der Waals surface area contributed by atoms with Crippen molar-refractivity contribution in [1.29, 1.82) is 0 Å². The highest BCUT2D eigenvalue weighted by Crippen LogP contribution is 2.20. The molecule has 7 nitrogen and oxygen atoms in total. The van der Waals surface area contributed by atoms with E-state index in [1.807, 2.05) is 6.07 Å². The standard InChI is InChI=1S/C18H24N4O3/c1-3-11-22-12-8-16(18(22)25)21-15-7-5-4-6-14(15)17(24)20-10-9-19-13(2)23/h3-7,16,21H,1,8-12H2,2H3,(H,19,23)(H,20,24). The van der Waals surface area contributed by atoms with Crippen LogP contribution >= 0.6 is 0 Å². The molecule has 1 heterocycles. The second-order valence-electron chi connectivity index (χ2n) is 5.84. The van der Waals surface area contributed by atoms with Gasteiger partial charge in [0.1, 0.15) is 6.04 Å². The topological polar surface area (TPSA) is 90.5 Å². The van der Waals surface area contributed by atoms with Gasteiger partial charge in [-0.2, -0.15) is 0 Å². The fourth-order valence-electron chi connectivity index (χ4n) is 2.71. The number of nitrogens with one attached hydrogen (secondary N) is 3. The van der Waals surface area contributed by atoms with Crippen LogP contribution in [0.2, 0.25) is 0 Å². The largest absolute Gasteiger partial charge is 0.373 e. The maximum absolute atomic E-state index is 12.4. The van der Waals surface area contributed by atoms with E-state index >= 15 is 0 Å². The van der Waals surface area contributed by atoms with Gasteiger partial charge >= 0.3 is 0 Å². The Morgan fingerprint density at radius 2 is 2.00 bits per heavy atom. The molecule has 1 aromatic rings. The lowest BCUT2D eigenvalue weighted by Gasteiger charge is -2.17. The first-order valence-electron chi connectivity index (χ1n) is 8.30. The van der Waals surface area contributed by atoms with Gasteiger partial charge in [-0.1, -0.05) is 18.2 Å². The molecule has 0 saturated carbocycles. The number of carbonyl (C=O) groups excluding carboxylic acids is 3. The van der Waals surface area contributed by atoms with E-state index in [2.05, 4.69) is 22.5 Å². The van der Waals surface area contributed by atoms with Crippen LogP contribution in [0.3, 0.4) is 0 Å². The van der Waals surface area contributed by atoms with Gasteiger partial charge < -0.3 is 20.9 Å². The van der Waals surface area contributed by atoms with Crippen molar-refractivity contribution in [3.8, 4) is 0 Å². The Morgan fingerprint density at radius 3 is 2.72 bits per heavy atom. The number of nitrogens with zero attached hydrogens (tertiary/aromatic N) is 1. The van der Waals surface area contributed by atoms with Gasteiger partial charge in [0.25, 0.3) is 5.91 Å². The summed E-state index contributed by atoms with van der Waals surface area (Å²) in [5.41, 5.74) is 1.10. The summed E-state index contributed by atoms with van der Waals surface area (Å²) in [7, 11) is 0. The highest BCUT2D eigenvalue weighted by molar-refractivity contribution is 6.00. The monoisotopic (exact) mass is 344 g/mol. The summed E-state index contributed by atoms with van der Waals surface area (Å²) < 4.78 is 0. The number of rotatable bonds is 8. The van der Waals surface area contributed by atoms with Crippen molar-refractivity contribution in [3.05, 3.63) is 42.5 Å². The van der Waals surface area contributed by atoms with Crippen LogP contribution in [0.15, 0.2) is 36.9 Å². The summed E-state index contributed by atoms with van der Waals surface area (Å²) in [4.78, 5) is 37.3. The Labute approximate surface area is 147 Å². The second-order valence-corrected chi connectivity index (χ2v) is 5.84. The first-order valence-corrected chi connectivity index (χ1v) is 8.30. The zero-order chi connectivity index (χ0) is 18.2. The molecule has 3 amide bonds. The van der Waals surface area contributed by atoms with E-state index < -0.39 is 0 Å². The maximum atomic E-state index is 12.4. The molecule has 0 radical (unpaired) electrons. The van der Waals surface area contributed by atoms with Gasteiger partial charge in [0, 0.05) is 38.8 Å². The van der Waals surface area contributed by atoms with Crippen LogP contribution in [0.1, 0.15) is 23.7 Å². The van der Waals surface area contributed by atoms with Crippen molar-refractivity contribution in [1.82, 2.24) is 15.5 Å². The highest BCUT2D eigenvalue weighted by Gasteiger charge is 2.31. The van der Waals surface area contributed by atoms with Gasteiger partial charge in [0.15, 0.2) is 0 Å². The number of amides is 3. The van der Waals surface area contributed by atoms with E-state index in [0.717, 1.165) is 0 Å². The smallest absolute Gasteiger partial charge is 0.253 e. The van der Waals surface area contributed by atoms with E-state index in [4.69, 9.17) is 0 Å². The molecule has 3 N–H and O–H groups in total. The lowest BCUT2D eigenvalue weighted by Crippen LogP contribution is -2.35. The number of likely N-dealkylation sites (tertiary alicyclic amines) is 1. The Balaban J connectivity index is 1.98. The van der Waals surface area contributed by atoms with E-state index in [9.17, 15) is 14.4 Å². The Morgan fingerprint density at radius 1 is 1.28 bits per heavy atom. The fourth-order valence-corrected chi connectivity index (χ4v) is 2.71. The van der Waals surface area contributed by atoms with Crippen LogP contribution in [0.5, 0.6) is 0 Å². The molecule has 1 fully saturated rings. The van der Waals surface area contributed by atoms with Crippen molar-refractivity contribution in [2.45, 2.75) is 19.4 Å². The number of anilines is 1. The van der Waals surface area contributed by atoms with E-state index in [0.29, 0.717) is 43.9 Å². The van der Waals surface area contributed by atoms with E-state index in [-0.39, 0.29) is 23.8 Å². The van der Waals surface area contributed by atoms with Crippen LogP contribution in [0.25, 0.3) is 0 Å². The molecule has 1 aliphatic heterocycles. The molecule has 134 valence electrons. The predicted octanol–water partition coefficient (Wildman–Crippen LogP) is 0.751. The molecular formula is C18H24N4O3. The third-order valence-electron chi connectivity index (χ3n) is 3.93. The minimum Gasteiger partial charge on any atom is -0.373 e. The van der Waals surface area contributed by atoms with E-state index in [1.165, 1.54) is 6.92 Å². The summed E-state index contributed by atoms with van der Waals surface area (Å²) in [5, 5.41) is 8.56. The SMILES string of the molecule is C=CCN1CCC(Nc2ccccc2C(=O)NCCNC(C)=O)C1=O. The molecule has 1 unspecified atom stereocenters. The van der Waals surface area contributed by atoms with E-state index in [1.54, 1.807) is 29.2 Å². The first kappa shape index (κ1) is 18.5. The average Bonchev–Trinajstić information content (AvgIpc) is 2.93. The molecule has 1 saturated heterocycles. The fraction of sp³-hybridized carbons (Fsp3) is 0.389. The number of hydrogen-bond donors (Lipinski definition) is 3. The number of para-hydroxylation sites is 1. The summed E-state index contributed by atoms with van der Waals surface area (Å²) >= 11 is 0. The number of carbonyl (C=O) groups is 3. The zero-order valence-corrected chi connectivity index (χ0v) is 14.4. The van der Waals surface area contributed by atoms with Crippen molar-refractivity contribution in [2.75, 3.05) is 31.5 Å². The summed E-state index contributed by atoms with van der Waals surface area (Å²) in [6.45, 7) is 6.99. The molecule has 1 aromatic carbocycles. The zero-order valence-electron chi connectivity index (χ0n) is 14.4. The lowest BCUT2D eigenvalue weighted by atomic mass is 10.1. The Kier molecular flexibility index (Phi) is 6.56. The van der Waals surface area contributed by atoms with Crippen LogP contribution in [0.4, 0.5) is 5.69 Å². The van der Waals surface area contributed by atoms with Crippen LogP contribution in [-0.4, -0.2) is 54.8 Å². The van der Waals surface area contributed by atoms with Gasteiger partial charge in [0.05, 0.1) is 5.56 Å². The van der Waals surface area contributed by atoms with Gasteiger partial charge in [-0.3, -0.25) is 14.4 Å². The molecule has 25 heavy (non-hydrogen) atoms. The minimum absolute atomic E-state index is 0.0146. The summed E-state index contributed by atoms with van der Waals surface area (Å²) in [6, 6.07) is 6.74. The van der Waals surface area contributed by atoms with Gasteiger partial charge in [-0.05, 0) is 18.6 Å². The predicted molar refractivity (Wildman–Crippen MR) is 96.3 cm³/mol. The van der Waals surface area contributed by atoms with Crippen molar-refractivity contribution in [3.63, 3.8) is 0 Å². The number of hydrogen-bond acceptors (Lipinski definition) is 4. The first-order chi connectivity index (χ1) is 12.0.